The fourth-order valence-corrected chi connectivity index (χ4v) is 4.15. The summed E-state index contributed by atoms with van der Waals surface area (Å²) in [6.45, 7) is 1.91. The molecule has 2 heterocycles. The molecule has 0 aromatic carbocycles. The topological polar surface area (TPSA) is 57.0 Å². The van der Waals surface area contributed by atoms with Crippen LogP contribution < -0.4 is 0 Å². The van der Waals surface area contributed by atoms with E-state index in [0.717, 1.165) is 29.9 Å². The van der Waals surface area contributed by atoms with Gasteiger partial charge in [0.05, 0.1) is 5.70 Å². The number of rotatable bonds is 1. The van der Waals surface area contributed by atoms with Crippen molar-refractivity contribution in [2.45, 2.75) is 38.5 Å². The van der Waals surface area contributed by atoms with Gasteiger partial charge in [0.15, 0.2) is 5.78 Å². The maximum absolute atomic E-state index is 12.3. The van der Waals surface area contributed by atoms with Crippen LogP contribution >= 0.6 is 0 Å². The molecule has 4 nitrogen and oxygen atoms in total. The summed E-state index contributed by atoms with van der Waals surface area (Å²) < 4.78 is 0. The van der Waals surface area contributed by atoms with Crippen molar-refractivity contribution in [3.05, 3.63) is 35.2 Å². The number of carbonyl (C=O) groups is 1. The van der Waals surface area contributed by atoms with Crippen LogP contribution in [0.15, 0.2) is 24.0 Å². The van der Waals surface area contributed by atoms with Crippen molar-refractivity contribution < 1.29 is 4.79 Å². The van der Waals surface area contributed by atoms with Crippen molar-refractivity contribution >= 4 is 11.5 Å². The lowest BCUT2D eigenvalue weighted by atomic mass is 9.63. The average molecular weight is 293 g/mol. The van der Waals surface area contributed by atoms with Crippen LogP contribution in [0.4, 0.5) is 0 Å². The Balaban J connectivity index is 1.71. The molecule has 22 heavy (non-hydrogen) atoms. The number of aromatic nitrogens is 1. The molecule has 0 bridgehead atoms. The molecular formula is C18H19N3O. The van der Waals surface area contributed by atoms with Gasteiger partial charge < -0.3 is 4.90 Å². The minimum absolute atomic E-state index is 0.0677. The predicted molar refractivity (Wildman–Crippen MR) is 82.6 cm³/mol. The summed E-state index contributed by atoms with van der Waals surface area (Å²) in [6.07, 6.45) is 10.2. The van der Waals surface area contributed by atoms with E-state index in [0.29, 0.717) is 17.4 Å². The number of nitriles is 1. The van der Waals surface area contributed by atoms with E-state index >= 15 is 0 Å². The third-order valence-corrected chi connectivity index (χ3v) is 5.69. The Bertz CT molecular complexity index is 699. The van der Waals surface area contributed by atoms with E-state index in [-0.39, 0.29) is 5.78 Å². The second kappa shape index (κ2) is 4.95. The number of nitrogens with zero attached hydrogens (tertiary/aromatic N) is 3. The summed E-state index contributed by atoms with van der Waals surface area (Å²) in [4.78, 5) is 18.7. The minimum Gasteiger partial charge on any atom is -0.370 e. The fourth-order valence-electron chi connectivity index (χ4n) is 4.15. The Morgan fingerprint density at radius 2 is 2.00 bits per heavy atom. The third kappa shape index (κ3) is 1.96. The molecule has 4 rings (SSSR count). The Morgan fingerprint density at radius 3 is 2.64 bits per heavy atom. The summed E-state index contributed by atoms with van der Waals surface area (Å²) in [5.74, 6) is -0.0677. The third-order valence-electron chi connectivity index (χ3n) is 5.69. The largest absolute Gasteiger partial charge is 0.370 e. The molecule has 1 aliphatic heterocycles. The minimum atomic E-state index is -0.0677. The lowest BCUT2D eigenvalue weighted by Crippen LogP contribution is -2.43. The first-order valence-electron chi connectivity index (χ1n) is 8.08. The number of Topliss-reactive ketones (excluding diaryl/α,β-unsaturated/α-hetero) is 1. The summed E-state index contributed by atoms with van der Waals surface area (Å²) >= 11 is 0. The van der Waals surface area contributed by atoms with Crippen LogP contribution in [0.3, 0.4) is 0 Å². The SMILES string of the molecule is N#CC1=C(N2CCC3(CCC3)CC2)c2ccncc2CC1=O. The van der Waals surface area contributed by atoms with Crippen LogP contribution in [0, 0.1) is 16.7 Å². The lowest BCUT2D eigenvalue weighted by molar-refractivity contribution is -0.114. The molecule has 0 radical (unpaired) electrons. The van der Waals surface area contributed by atoms with E-state index in [2.05, 4.69) is 16.0 Å². The Hall–Kier alpha value is -2.15. The maximum Gasteiger partial charge on any atom is 0.179 e. The molecule has 1 saturated carbocycles. The van der Waals surface area contributed by atoms with Crippen LogP contribution in [0.25, 0.3) is 5.70 Å². The Morgan fingerprint density at radius 1 is 1.23 bits per heavy atom. The number of piperidine rings is 1. The molecule has 0 unspecified atom stereocenters. The molecule has 112 valence electrons. The zero-order valence-electron chi connectivity index (χ0n) is 12.6. The summed E-state index contributed by atoms with van der Waals surface area (Å²) in [7, 11) is 0. The molecule has 1 aromatic heterocycles. The van der Waals surface area contributed by atoms with Crippen LogP contribution in [0.2, 0.25) is 0 Å². The quantitative estimate of drug-likeness (QED) is 0.799. The van der Waals surface area contributed by atoms with Crippen molar-refractivity contribution in [1.82, 2.24) is 9.88 Å². The van der Waals surface area contributed by atoms with Gasteiger partial charge in [0.25, 0.3) is 0 Å². The number of allylic oxidation sites excluding steroid dienone is 1. The Kier molecular flexibility index (Phi) is 3.04. The van der Waals surface area contributed by atoms with Gasteiger partial charge in [-0.05, 0) is 42.7 Å². The highest BCUT2D eigenvalue weighted by molar-refractivity contribution is 6.09. The van der Waals surface area contributed by atoms with Crippen LogP contribution in [0.1, 0.15) is 43.2 Å². The van der Waals surface area contributed by atoms with Gasteiger partial charge in [-0.25, -0.2) is 0 Å². The molecule has 4 heteroatoms. The number of ketones is 1. The molecule has 1 saturated heterocycles. The fraction of sp³-hybridized carbons (Fsp3) is 0.500. The van der Waals surface area contributed by atoms with E-state index in [4.69, 9.17) is 0 Å². The molecule has 2 fully saturated rings. The number of hydrogen-bond donors (Lipinski definition) is 0. The smallest absolute Gasteiger partial charge is 0.179 e. The van der Waals surface area contributed by atoms with Gasteiger partial charge in [-0.3, -0.25) is 9.78 Å². The van der Waals surface area contributed by atoms with Gasteiger partial charge >= 0.3 is 0 Å². The van der Waals surface area contributed by atoms with Crippen LogP contribution in [-0.2, 0) is 11.2 Å². The normalized spacial score (nSPS) is 23.0. The molecule has 0 N–H and O–H groups in total. The van der Waals surface area contributed by atoms with Gasteiger partial charge in [0.1, 0.15) is 11.6 Å². The van der Waals surface area contributed by atoms with Crippen LogP contribution in [-0.4, -0.2) is 28.8 Å². The van der Waals surface area contributed by atoms with Gasteiger partial charge in [0, 0.05) is 37.5 Å². The second-order valence-corrected chi connectivity index (χ2v) is 6.81. The number of fused-ring (bicyclic) bond motifs is 1. The van der Waals surface area contributed by atoms with Gasteiger partial charge in [-0.15, -0.1) is 0 Å². The van der Waals surface area contributed by atoms with Crippen molar-refractivity contribution in [2.24, 2.45) is 5.41 Å². The van der Waals surface area contributed by atoms with Crippen LogP contribution in [0.5, 0.6) is 0 Å². The van der Waals surface area contributed by atoms with E-state index in [1.165, 1.54) is 32.1 Å². The first kappa shape index (κ1) is 13.5. The van der Waals surface area contributed by atoms with Gasteiger partial charge in [-0.1, -0.05) is 6.42 Å². The van der Waals surface area contributed by atoms with E-state index < -0.39 is 0 Å². The van der Waals surface area contributed by atoms with E-state index in [1.807, 2.05) is 6.07 Å². The van der Waals surface area contributed by atoms with Gasteiger partial charge in [-0.2, -0.15) is 5.26 Å². The predicted octanol–water partition coefficient (Wildman–Crippen LogP) is 2.71. The first-order valence-corrected chi connectivity index (χ1v) is 8.08. The zero-order valence-corrected chi connectivity index (χ0v) is 12.6. The molecule has 1 spiro atoms. The van der Waals surface area contributed by atoms with Crippen molar-refractivity contribution in [2.75, 3.05) is 13.1 Å². The molecular weight excluding hydrogens is 274 g/mol. The van der Waals surface area contributed by atoms with Gasteiger partial charge in [0.2, 0.25) is 0 Å². The standard InChI is InChI=1S/C18H19N3O/c19-11-15-16(22)10-13-12-20-7-2-14(13)17(15)21-8-5-18(6-9-21)3-1-4-18/h2,7,12H,1,3-6,8-10H2. The molecule has 1 aromatic rings. The van der Waals surface area contributed by atoms with Crippen molar-refractivity contribution in [3.8, 4) is 6.07 Å². The summed E-state index contributed by atoms with van der Waals surface area (Å²) in [5.41, 5.74) is 3.72. The number of likely N-dealkylation sites (tertiary alicyclic amines) is 1. The summed E-state index contributed by atoms with van der Waals surface area (Å²) in [6, 6.07) is 4.11. The maximum atomic E-state index is 12.3. The van der Waals surface area contributed by atoms with E-state index in [9.17, 15) is 10.1 Å². The molecule has 2 aliphatic carbocycles. The van der Waals surface area contributed by atoms with Crippen molar-refractivity contribution in [1.29, 1.82) is 5.26 Å². The molecule has 0 atom stereocenters. The van der Waals surface area contributed by atoms with E-state index in [1.54, 1.807) is 12.4 Å². The monoisotopic (exact) mass is 293 g/mol. The molecule has 0 amide bonds. The Labute approximate surface area is 130 Å². The highest BCUT2D eigenvalue weighted by Crippen LogP contribution is 2.50. The summed E-state index contributed by atoms with van der Waals surface area (Å²) in [5, 5.41) is 9.48. The van der Waals surface area contributed by atoms with Crippen molar-refractivity contribution in [3.63, 3.8) is 0 Å². The second-order valence-electron chi connectivity index (χ2n) is 6.81. The molecule has 3 aliphatic rings. The highest BCUT2D eigenvalue weighted by atomic mass is 16.1. The number of hydrogen-bond acceptors (Lipinski definition) is 4. The lowest BCUT2D eigenvalue weighted by Gasteiger charge is -2.49. The highest BCUT2D eigenvalue weighted by Gasteiger charge is 2.41. The first-order chi connectivity index (χ1) is 10.7. The zero-order chi connectivity index (χ0) is 15.2. The average Bonchev–Trinajstić information content (AvgIpc) is 2.52. The number of pyridine rings is 1. The number of carbonyl (C=O) groups excluding carboxylic acids is 1.